The number of hydrogen-bond acceptors (Lipinski definition) is 5. The van der Waals surface area contributed by atoms with Crippen LogP contribution in [-0.2, 0) is 0 Å². The SMILES string of the molecule is C=C/C=C1/C(N)=NC=NN1O. The van der Waals surface area contributed by atoms with Crippen molar-refractivity contribution in [2.75, 3.05) is 0 Å². The molecule has 0 fully saturated rings. The van der Waals surface area contributed by atoms with Crippen LogP contribution in [-0.4, -0.2) is 22.6 Å². The summed E-state index contributed by atoms with van der Waals surface area (Å²) in [7, 11) is 0. The zero-order chi connectivity index (χ0) is 8.27. The predicted octanol–water partition coefficient (Wildman–Crippen LogP) is 0.0616. The molecule has 1 aliphatic heterocycles. The molecular formula is C6H8N4O. The number of nitrogens with two attached hydrogens (primary N) is 1. The Labute approximate surface area is 63.8 Å². The summed E-state index contributed by atoms with van der Waals surface area (Å²) in [6.07, 6.45) is 4.16. The molecule has 5 nitrogen and oxygen atoms in total. The highest BCUT2D eigenvalue weighted by Crippen LogP contribution is 2.04. The monoisotopic (exact) mass is 152 g/mol. The number of hydrogen-bond donors (Lipinski definition) is 2. The molecule has 0 aromatic carbocycles. The Morgan fingerprint density at radius 2 is 2.45 bits per heavy atom. The fourth-order valence-electron chi connectivity index (χ4n) is 0.631. The third kappa shape index (κ3) is 1.44. The van der Waals surface area contributed by atoms with E-state index in [0.29, 0.717) is 10.9 Å². The van der Waals surface area contributed by atoms with Gasteiger partial charge in [-0.25, -0.2) is 4.99 Å². The summed E-state index contributed by atoms with van der Waals surface area (Å²) in [5.41, 5.74) is 5.72. The van der Waals surface area contributed by atoms with Crippen molar-refractivity contribution in [2.45, 2.75) is 0 Å². The van der Waals surface area contributed by atoms with Gasteiger partial charge < -0.3 is 5.73 Å². The van der Waals surface area contributed by atoms with Crippen molar-refractivity contribution in [1.29, 1.82) is 0 Å². The zero-order valence-corrected chi connectivity index (χ0v) is 5.81. The fraction of sp³-hybridized carbons (Fsp3) is 0. The summed E-state index contributed by atoms with van der Waals surface area (Å²) in [4.78, 5) is 3.67. The topological polar surface area (TPSA) is 74.2 Å². The number of allylic oxidation sites excluding steroid dienone is 2. The van der Waals surface area contributed by atoms with Crippen molar-refractivity contribution in [3.05, 3.63) is 24.4 Å². The molecule has 0 aliphatic carbocycles. The van der Waals surface area contributed by atoms with E-state index in [2.05, 4.69) is 16.7 Å². The minimum Gasteiger partial charge on any atom is -0.382 e. The van der Waals surface area contributed by atoms with E-state index in [1.54, 1.807) is 0 Å². The molecule has 1 rings (SSSR count). The molecule has 0 amide bonds. The fourth-order valence-corrected chi connectivity index (χ4v) is 0.631. The van der Waals surface area contributed by atoms with Crippen LogP contribution in [0.4, 0.5) is 0 Å². The molecule has 1 heterocycles. The van der Waals surface area contributed by atoms with E-state index < -0.39 is 0 Å². The first-order valence-corrected chi connectivity index (χ1v) is 2.93. The molecule has 0 spiro atoms. The van der Waals surface area contributed by atoms with Crippen molar-refractivity contribution in [3.63, 3.8) is 0 Å². The molecule has 5 heteroatoms. The number of aliphatic imine (C=N–C) groups is 1. The van der Waals surface area contributed by atoms with Crippen LogP contribution in [0.15, 0.2) is 34.5 Å². The van der Waals surface area contributed by atoms with Crippen LogP contribution in [0.5, 0.6) is 0 Å². The lowest BCUT2D eigenvalue weighted by Crippen LogP contribution is -2.28. The van der Waals surface area contributed by atoms with Gasteiger partial charge in [0.1, 0.15) is 12.0 Å². The quantitative estimate of drug-likeness (QED) is 0.558. The number of amidine groups is 1. The highest BCUT2D eigenvalue weighted by Gasteiger charge is 2.11. The highest BCUT2D eigenvalue weighted by molar-refractivity contribution is 6.01. The summed E-state index contributed by atoms with van der Waals surface area (Å²) in [6, 6.07) is 0. The van der Waals surface area contributed by atoms with E-state index in [1.807, 2.05) is 0 Å². The second-order valence-corrected chi connectivity index (χ2v) is 1.82. The number of hydrazone groups is 1. The number of hydroxylamine groups is 1. The molecule has 0 saturated heterocycles. The van der Waals surface area contributed by atoms with Crippen molar-refractivity contribution in [1.82, 2.24) is 5.17 Å². The average Bonchev–Trinajstić information content (AvgIpc) is 1.97. The smallest absolute Gasteiger partial charge is 0.153 e. The molecule has 1 aliphatic rings. The van der Waals surface area contributed by atoms with Crippen LogP contribution >= 0.6 is 0 Å². The number of nitrogens with zero attached hydrogens (tertiary/aromatic N) is 3. The first-order chi connectivity index (χ1) is 5.25. The van der Waals surface area contributed by atoms with Crippen LogP contribution in [0.1, 0.15) is 0 Å². The van der Waals surface area contributed by atoms with E-state index in [0.717, 1.165) is 6.34 Å². The second kappa shape index (κ2) is 2.98. The highest BCUT2D eigenvalue weighted by atomic mass is 16.5. The lowest BCUT2D eigenvalue weighted by Gasteiger charge is -2.15. The Morgan fingerprint density at radius 1 is 1.73 bits per heavy atom. The number of rotatable bonds is 1. The minimum absolute atomic E-state index is 0.211. The molecule has 11 heavy (non-hydrogen) atoms. The van der Waals surface area contributed by atoms with Gasteiger partial charge in [0, 0.05) is 0 Å². The molecule has 0 atom stereocenters. The van der Waals surface area contributed by atoms with Gasteiger partial charge >= 0.3 is 0 Å². The maximum absolute atomic E-state index is 9.03. The normalized spacial score (nSPS) is 20.3. The maximum Gasteiger partial charge on any atom is 0.153 e. The van der Waals surface area contributed by atoms with Crippen LogP contribution < -0.4 is 5.73 Å². The van der Waals surface area contributed by atoms with E-state index in [4.69, 9.17) is 10.9 Å². The third-order valence-corrected chi connectivity index (χ3v) is 1.11. The van der Waals surface area contributed by atoms with Gasteiger partial charge in [-0.1, -0.05) is 12.7 Å². The molecule has 0 unspecified atom stereocenters. The summed E-state index contributed by atoms with van der Waals surface area (Å²) in [5.74, 6) is 0.211. The van der Waals surface area contributed by atoms with Crippen LogP contribution in [0, 0.1) is 0 Å². The molecular weight excluding hydrogens is 144 g/mol. The van der Waals surface area contributed by atoms with Crippen LogP contribution in [0.25, 0.3) is 0 Å². The lowest BCUT2D eigenvalue weighted by atomic mass is 10.3. The molecule has 0 aromatic rings. The van der Waals surface area contributed by atoms with Crippen molar-refractivity contribution in [3.8, 4) is 0 Å². The molecule has 0 saturated carbocycles. The Kier molecular flexibility index (Phi) is 2.03. The van der Waals surface area contributed by atoms with Crippen molar-refractivity contribution in [2.24, 2.45) is 15.8 Å². The van der Waals surface area contributed by atoms with Gasteiger partial charge in [0.05, 0.1) is 0 Å². The van der Waals surface area contributed by atoms with Gasteiger partial charge in [0.15, 0.2) is 5.84 Å². The van der Waals surface area contributed by atoms with Gasteiger partial charge in [-0.05, 0) is 6.08 Å². The Hall–Kier alpha value is -1.62. The first-order valence-electron chi connectivity index (χ1n) is 2.93. The first kappa shape index (κ1) is 7.49. The predicted molar refractivity (Wildman–Crippen MR) is 42.0 cm³/mol. The molecule has 0 bridgehead atoms. The van der Waals surface area contributed by atoms with E-state index in [1.165, 1.54) is 12.2 Å². The zero-order valence-electron chi connectivity index (χ0n) is 5.81. The summed E-state index contributed by atoms with van der Waals surface area (Å²) < 4.78 is 0. The molecule has 58 valence electrons. The van der Waals surface area contributed by atoms with E-state index >= 15 is 0 Å². The standard InChI is InChI=1S/C6H8N4O/c1-2-3-5-6(7)8-4-9-10(5)11/h2-4,11H,1H2,(H2,7,8,9)/b5-3-. The molecule has 3 N–H and O–H groups in total. The Morgan fingerprint density at radius 3 is 3.00 bits per heavy atom. The molecule has 0 radical (unpaired) electrons. The lowest BCUT2D eigenvalue weighted by molar-refractivity contribution is -0.0470. The van der Waals surface area contributed by atoms with Crippen molar-refractivity contribution < 1.29 is 5.21 Å². The Balaban J connectivity index is 2.95. The Bertz CT molecular complexity index is 253. The van der Waals surface area contributed by atoms with E-state index in [-0.39, 0.29) is 5.84 Å². The second-order valence-electron chi connectivity index (χ2n) is 1.82. The summed E-state index contributed by atoms with van der Waals surface area (Å²) in [5, 5.41) is 13.1. The average molecular weight is 152 g/mol. The van der Waals surface area contributed by atoms with E-state index in [9.17, 15) is 0 Å². The van der Waals surface area contributed by atoms with Crippen LogP contribution in [0.3, 0.4) is 0 Å². The van der Waals surface area contributed by atoms with Gasteiger partial charge in [0.2, 0.25) is 0 Å². The largest absolute Gasteiger partial charge is 0.382 e. The minimum atomic E-state index is 0.211. The maximum atomic E-state index is 9.03. The van der Waals surface area contributed by atoms with Gasteiger partial charge in [-0.15, -0.1) is 10.3 Å². The van der Waals surface area contributed by atoms with Gasteiger partial charge in [-0.3, -0.25) is 5.21 Å². The van der Waals surface area contributed by atoms with Gasteiger partial charge in [-0.2, -0.15) is 0 Å². The third-order valence-electron chi connectivity index (χ3n) is 1.11. The van der Waals surface area contributed by atoms with Crippen LogP contribution in [0.2, 0.25) is 0 Å². The summed E-state index contributed by atoms with van der Waals surface area (Å²) in [6.45, 7) is 3.45. The van der Waals surface area contributed by atoms with Gasteiger partial charge in [0.25, 0.3) is 0 Å². The summed E-state index contributed by atoms with van der Waals surface area (Å²) >= 11 is 0. The molecule has 0 aromatic heterocycles. The van der Waals surface area contributed by atoms with Crippen molar-refractivity contribution >= 4 is 12.2 Å².